The van der Waals surface area contributed by atoms with E-state index in [9.17, 15) is 4.79 Å². The molecule has 0 heterocycles. The zero-order chi connectivity index (χ0) is 12.4. The number of rotatable bonds is 3. The molecule has 3 heteroatoms. The zero-order valence-electron chi connectivity index (χ0n) is 10.1. The number of fused-ring (bicyclic) bond motifs is 1. The summed E-state index contributed by atoms with van der Waals surface area (Å²) in [7, 11) is 3.18. The summed E-state index contributed by atoms with van der Waals surface area (Å²) in [5.74, 6) is 1.34. The SMILES string of the molecule is COc1cc2c(OC)cccc2cc1C(C)=O. The first kappa shape index (κ1) is 11.5. The van der Waals surface area contributed by atoms with Crippen LogP contribution < -0.4 is 9.47 Å². The minimum atomic E-state index is -0.00781. The normalized spacial score (nSPS) is 10.3. The molecule has 2 rings (SSSR count). The van der Waals surface area contributed by atoms with Crippen molar-refractivity contribution in [3.63, 3.8) is 0 Å². The van der Waals surface area contributed by atoms with Gasteiger partial charge >= 0.3 is 0 Å². The second-order valence-corrected chi connectivity index (χ2v) is 3.79. The number of benzene rings is 2. The number of hydrogen-bond acceptors (Lipinski definition) is 3. The summed E-state index contributed by atoms with van der Waals surface area (Å²) in [5, 5.41) is 1.91. The molecular formula is C14H14O3. The first-order valence-corrected chi connectivity index (χ1v) is 5.33. The summed E-state index contributed by atoms with van der Waals surface area (Å²) in [6.45, 7) is 1.53. The summed E-state index contributed by atoms with van der Waals surface area (Å²) >= 11 is 0. The van der Waals surface area contributed by atoms with Crippen LogP contribution in [0.3, 0.4) is 0 Å². The quantitative estimate of drug-likeness (QED) is 0.760. The lowest BCUT2D eigenvalue weighted by atomic mass is 10.0. The Morgan fingerprint density at radius 1 is 1.06 bits per heavy atom. The Morgan fingerprint density at radius 2 is 1.76 bits per heavy atom. The molecule has 17 heavy (non-hydrogen) atoms. The Kier molecular flexibility index (Phi) is 3.00. The number of ketones is 1. The van der Waals surface area contributed by atoms with Crippen LogP contribution in [0.2, 0.25) is 0 Å². The predicted molar refractivity (Wildman–Crippen MR) is 67.1 cm³/mol. The number of methoxy groups -OCH3 is 2. The number of carbonyl (C=O) groups is 1. The zero-order valence-corrected chi connectivity index (χ0v) is 10.1. The van der Waals surface area contributed by atoms with Crippen molar-refractivity contribution in [2.24, 2.45) is 0 Å². The van der Waals surface area contributed by atoms with E-state index in [1.807, 2.05) is 30.3 Å². The van der Waals surface area contributed by atoms with E-state index in [1.165, 1.54) is 6.92 Å². The molecule has 3 nitrogen and oxygen atoms in total. The topological polar surface area (TPSA) is 35.5 Å². The van der Waals surface area contributed by atoms with Gasteiger partial charge in [0.05, 0.1) is 19.8 Å². The molecule has 0 radical (unpaired) electrons. The molecule has 0 saturated carbocycles. The summed E-state index contributed by atoms with van der Waals surface area (Å²) in [6.07, 6.45) is 0. The highest BCUT2D eigenvalue weighted by atomic mass is 16.5. The van der Waals surface area contributed by atoms with Crippen molar-refractivity contribution in [2.75, 3.05) is 14.2 Å². The summed E-state index contributed by atoms with van der Waals surface area (Å²) in [4.78, 5) is 11.5. The third-order valence-electron chi connectivity index (χ3n) is 2.76. The number of hydrogen-bond donors (Lipinski definition) is 0. The van der Waals surface area contributed by atoms with Crippen LogP contribution >= 0.6 is 0 Å². The predicted octanol–water partition coefficient (Wildman–Crippen LogP) is 3.06. The van der Waals surface area contributed by atoms with Crippen LogP contribution in [0.5, 0.6) is 11.5 Å². The van der Waals surface area contributed by atoms with Crippen LogP contribution in [-0.4, -0.2) is 20.0 Å². The van der Waals surface area contributed by atoms with Crippen molar-refractivity contribution in [1.29, 1.82) is 0 Å². The monoisotopic (exact) mass is 230 g/mol. The van der Waals surface area contributed by atoms with Gasteiger partial charge in [-0.15, -0.1) is 0 Å². The molecule has 0 aliphatic rings. The van der Waals surface area contributed by atoms with Crippen molar-refractivity contribution >= 4 is 16.6 Å². The molecule has 88 valence electrons. The summed E-state index contributed by atoms with van der Waals surface area (Å²) in [5.41, 5.74) is 0.591. The number of Topliss-reactive ketones (excluding diaryl/α,β-unsaturated/α-hetero) is 1. The van der Waals surface area contributed by atoms with Crippen molar-refractivity contribution < 1.29 is 14.3 Å². The molecule has 0 saturated heterocycles. The van der Waals surface area contributed by atoms with Crippen LogP contribution in [0.25, 0.3) is 10.8 Å². The minimum Gasteiger partial charge on any atom is -0.496 e. The Hall–Kier alpha value is -2.03. The van der Waals surface area contributed by atoms with E-state index < -0.39 is 0 Å². The third-order valence-corrected chi connectivity index (χ3v) is 2.76. The Balaban J connectivity index is 2.78. The maximum Gasteiger partial charge on any atom is 0.163 e. The molecule has 0 aliphatic carbocycles. The third kappa shape index (κ3) is 1.96. The van der Waals surface area contributed by atoms with Gasteiger partial charge in [0.1, 0.15) is 11.5 Å². The average Bonchev–Trinajstić information content (AvgIpc) is 2.36. The molecule has 2 aromatic carbocycles. The first-order chi connectivity index (χ1) is 8.17. The lowest BCUT2D eigenvalue weighted by Gasteiger charge is -2.10. The molecule has 0 atom stereocenters. The first-order valence-electron chi connectivity index (χ1n) is 5.33. The fraction of sp³-hybridized carbons (Fsp3) is 0.214. The molecule has 0 fully saturated rings. The molecule has 2 aromatic rings. The molecule has 0 aliphatic heterocycles. The highest BCUT2D eigenvalue weighted by molar-refractivity contribution is 6.02. The van der Waals surface area contributed by atoms with E-state index in [0.717, 1.165) is 16.5 Å². The Labute approximate surface area is 100.0 Å². The van der Waals surface area contributed by atoms with E-state index in [1.54, 1.807) is 14.2 Å². The van der Waals surface area contributed by atoms with Gasteiger partial charge in [0.15, 0.2) is 5.78 Å². The fourth-order valence-corrected chi connectivity index (χ4v) is 1.90. The van der Waals surface area contributed by atoms with Crippen LogP contribution in [0, 0.1) is 0 Å². The number of carbonyl (C=O) groups excluding carboxylic acids is 1. The van der Waals surface area contributed by atoms with E-state index in [2.05, 4.69) is 0 Å². The highest BCUT2D eigenvalue weighted by Gasteiger charge is 2.11. The minimum absolute atomic E-state index is 0.00781. The van der Waals surface area contributed by atoms with E-state index in [0.29, 0.717) is 11.3 Å². The number of ether oxygens (including phenoxy) is 2. The lowest BCUT2D eigenvalue weighted by Crippen LogP contribution is -1.98. The van der Waals surface area contributed by atoms with Gasteiger partial charge in [-0.3, -0.25) is 4.79 Å². The van der Waals surface area contributed by atoms with E-state index >= 15 is 0 Å². The lowest BCUT2D eigenvalue weighted by molar-refractivity contribution is 0.101. The Morgan fingerprint density at radius 3 is 2.35 bits per heavy atom. The Bertz CT molecular complexity index is 573. The van der Waals surface area contributed by atoms with Gasteiger partial charge in [-0.1, -0.05) is 12.1 Å². The standard InChI is InChI=1S/C14H14O3/c1-9(15)11-7-10-5-4-6-13(16-2)12(10)8-14(11)17-3/h4-8H,1-3H3. The second-order valence-electron chi connectivity index (χ2n) is 3.79. The molecule has 0 N–H and O–H groups in total. The van der Waals surface area contributed by atoms with Crippen LogP contribution in [0.15, 0.2) is 30.3 Å². The van der Waals surface area contributed by atoms with Crippen molar-refractivity contribution in [1.82, 2.24) is 0 Å². The molecule has 0 unspecified atom stereocenters. The van der Waals surface area contributed by atoms with Gasteiger partial charge in [-0.2, -0.15) is 0 Å². The van der Waals surface area contributed by atoms with Crippen molar-refractivity contribution in [3.05, 3.63) is 35.9 Å². The van der Waals surface area contributed by atoms with Crippen LogP contribution in [0.4, 0.5) is 0 Å². The van der Waals surface area contributed by atoms with E-state index in [-0.39, 0.29) is 5.78 Å². The molecule has 0 amide bonds. The van der Waals surface area contributed by atoms with Gasteiger partial charge < -0.3 is 9.47 Å². The van der Waals surface area contributed by atoms with Gasteiger partial charge in [0.25, 0.3) is 0 Å². The van der Waals surface area contributed by atoms with Gasteiger partial charge in [-0.25, -0.2) is 0 Å². The van der Waals surface area contributed by atoms with E-state index in [4.69, 9.17) is 9.47 Å². The molecular weight excluding hydrogens is 216 g/mol. The average molecular weight is 230 g/mol. The van der Waals surface area contributed by atoms with Crippen molar-refractivity contribution in [2.45, 2.75) is 6.92 Å². The summed E-state index contributed by atoms with van der Waals surface area (Å²) < 4.78 is 10.5. The highest BCUT2D eigenvalue weighted by Crippen LogP contribution is 2.32. The van der Waals surface area contributed by atoms with Gasteiger partial charge in [0.2, 0.25) is 0 Å². The van der Waals surface area contributed by atoms with Gasteiger partial charge in [0, 0.05) is 5.39 Å². The molecule has 0 aromatic heterocycles. The molecule has 0 bridgehead atoms. The van der Waals surface area contributed by atoms with Crippen LogP contribution in [-0.2, 0) is 0 Å². The largest absolute Gasteiger partial charge is 0.496 e. The van der Waals surface area contributed by atoms with Crippen LogP contribution in [0.1, 0.15) is 17.3 Å². The fourth-order valence-electron chi connectivity index (χ4n) is 1.90. The smallest absolute Gasteiger partial charge is 0.163 e. The van der Waals surface area contributed by atoms with Crippen molar-refractivity contribution in [3.8, 4) is 11.5 Å². The van der Waals surface area contributed by atoms with Gasteiger partial charge in [-0.05, 0) is 30.5 Å². The second kappa shape index (κ2) is 4.45. The maximum atomic E-state index is 11.5. The molecule has 0 spiro atoms. The maximum absolute atomic E-state index is 11.5. The summed E-state index contributed by atoms with van der Waals surface area (Å²) in [6, 6.07) is 9.40.